The smallest absolute Gasteiger partial charge is 0.335 e. The van der Waals surface area contributed by atoms with E-state index in [0.29, 0.717) is 22.8 Å². The zero-order chi connectivity index (χ0) is 18.1. The number of likely N-dealkylation sites (N-methyl/N-ethyl adjacent to an activating group) is 1. The average Bonchev–Trinajstić information content (AvgIpc) is 2.57. The van der Waals surface area contributed by atoms with Crippen LogP contribution in [0.25, 0.3) is 0 Å². The Balaban J connectivity index is 2.20. The van der Waals surface area contributed by atoms with E-state index in [1.807, 2.05) is 6.07 Å². The number of halogens is 2. The third-order valence-corrected chi connectivity index (χ3v) is 4.37. The average molecular weight is 360 g/mol. The Morgan fingerprint density at radius 3 is 2.68 bits per heavy atom. The predicted molar refractivity (Wildman–Crippen MR) is 93.0 cm³/mol. The second kappa shape index (κ2) is 6.64. The molecule has 0 aliphatic carbocycles. The van der Waals surface area contributed by atoms with Crippen molar-refractivity contribution in [3.8, 4) is 0 Å². The minimum Gasteiger partial charge on any atom is -0.478 e. The molecule has 1 aliphatic heterocycles. The minimum absolute atomic E-state index is 0.0932. The van der Waals surface area contributed by atoms with Gasteiger partial charge in [-0.3, -0.25) is 4.98 Å². The summed E-state index contributed by atoms with van der Waals surface area (Å²) in [6.07, 6.45) is 1.64. The van der Waals surface area contributed by atoms with Crippen molar-refractivity contribution in [1.82, 2.24) is 9.88 Å². The van der Waals surface area contributed by atoms with E-state index in [4.69, 9.17) is 11.6 Å². The lowest BCUT2D eigenvalue weighted by Gasteiger charge is -2.35. The number of allylic oxidation sites excluding steroid dienone is 1. The molecular weight excluding hydrogens is 345 g/mol. The van der Waals surface area contributed by atoms with Crippen molar-refractivity contribution in [2.24, 2.45) is 4.99 Å². The van der Waals surface area contributed by atoms with Gasteiger partial charge in [0.1, 0.15) is 11.5 Å². The number of aromatic nitrogens is 1. The van der Waals surface area contributed by atoms with Gasteiger partial charge in [0.15, 0.2) is 5.84 Å². The number of carboxylic acids is 1. The van der Waals surface area contributed by atoms with Gasteiger partial charge in [-0.15, -0.1) is 0 Å². The number of aliphatic carboxylic acids is 1. The molecule has 0 bridgehead atoms. The first-order chi connectivity index (χ1) is 11.9. The van der Waals surface area contributed by atoms with Crippen LogP contribution in [0.5, 0.6) is 0 Å². The first kappa shape index (κ1) is 17.1. The molecule has 0 saturated heterocycles. The summed E-state index contributed by atoms with van der Waals surface area (Å²) >= 11 is 6.20. The van der Waals surface area contributed by atoms with Gasteiger partial charge in [-0.25, -0.2) is 14.2 Å². The molecule has 0 fully saturated rings. The second-order valence-corrected chi connectivity index (χ2v) is 6.04. The Labute approximate surface area is 149 Å². The molecule has 1 aliphatic rings. The van der Waals surface area contributed by atoms with Crippen LogP contribution in [0, 0.1) is 5.82 Å². The summed E-state index contributed by atoms with van der Waals surface area (Å²) < 4.78 is 13.4. The maximum atomic E-state index is 13.4. The summed E-state index contributed by atoms with van der Waals surface area (Å²) in [5.74, 6) is -1.06. The first-order valence-corrected chi connectivity index (χ1v) is 7.90. The number of carboxylic acid groups (broad SMARTS) is 1. The standard InChI is InChI=1S/C18H15ClFN3O2/c1-10-15(18(24)25)16(12-7-6-11(20)9-13(12)19)23(2)17(22-10)14-5-3-4-8-21-14/h3-9,16H,1-2H3,(H,24,25). The van der Waals surface area contributed by atoms with E-state index in [0.717, 1.165) is 0 Å². The number of rotatable bonds is 3. The molecule has 128 valence electrons. The van der Waals surface area contributed by atoms with Crippen molar-refractivity contribution in [2.75, 3.05) is 7.05 Å². The molecule has 0 saturated carbocycles. The van der Waals surface area contributed by atoms with Gasteiger partial charge in [0, 0.05) is 18.3 Å². The molecule has 1 aromatic carbocycles. The van der Waals surface area contributed by atoms with Gasteiger partial charge < -0.3 is 10.0 Å². The van der Waals surface area contributed by atoms with Crippen molar-refractivity contribution < 1.29 is 14.3 Å². The van der Waals surface area contributed by atoms with Gasteiger partial charge in [0.25, 0.3) is 0 Å². The van der Waals surface area contributed by atoms with Gasteiger partial charge in [0.2, 0.25) is 0 Å². The third kappa shape index (κ3) is 3.13. The van der Waals surface area contributed by atoms with E-state index in [9.17, 15) is 14.3 Å². The number of hydrogen-bond acceptors (Lipinski definition) is 4. The van der Waals surface area contributed by atoms with Crippen LogP contribution >= 0.6 is 11.6 Å². The quantitative estimate of drug-likeness (QED) is 0.908. The number of aliphatic imine (C=N–C) groups is 1. The van der Waals surface area contributed by atoms with Crippen LogP contribution in [0.4, 0.5) is 4.39 Å². The van der Waals surface area contributed by atoms with Gasteiger partial charge >= 0.3 is 5.97 Å². The van der Waals surface area contributed by atoms with E-state index in [-0.39, 0.29) is 10.6 Å². The molecule has 5 nitrogen and oxygen atoms in total. The van der Waals surface area contributed by atoms with Crippen LogP contribution in [-0.2, 0) is 4.79 Å². The molecular formula is C18H15ClFN3O2. The fraction of sp³-hybridized carbons (Fsp3) is 0.167. The lowest BCUT2D eigenvalue weighted by atomic mass is 9.93. The van der Waals surface area contributed by atoms with Crippen LogP contribution < -0.4 is 0 Å². The highest BCUT2D eigenvalue weighted by atomic mass is 35.5. The van der Waals surface area contributed by atoms with E-state index in [2.05, 4.69) is 9.98 Å². The maximum Gasteiger partial charge on any atom is 0.335 e. The van der Waals surface area contributed by atoms with E-state index in [1.54, 1.807) is 37.2 Å². The highest BCUT2D eigenvalue weighted by molar-refractivity contribution is 6.31. The Morgan fingerprint density at radius 1 is 1.32 bits per heavy atom. The summed E-state index contributed by atoms with van der Waals surface area (Å²) in [5, 5.41) is 9.83. The predicted octanol–water partition coefficient (Wildman–Crippen LogP) is 3.67. The van der Waals surface area contributed by atoms with Crippen LogP contribution in [0.3, 0.4) is 0 Å². The van der Waals surface area contributed by atoms with Crippen molar-refractivity contribution in [1.29, 1.82) is 0 Å². The Kier molecular flexibility index (Phi) is 4.55. The highest BCUT2D eigenvalue weighted by Crippen LogP contribution is 2.38. The zero-order valence-electron chi connectivity index (χ0n) is 13.6. The van der Waals surface area contributed by atoms with Crippen LogP contribution in [0.15, 0.2) is 58.9 Å². The van der Waals surface area contributed by atoms with Crippen molar-refractivity contribution in [3.63, 3.8) is 0 Å². The zero-order valence-corrected chi connectivity index (χ0v) is 14.3. The molecule has 1 aromatic heterocycles. The second-order valence-electron chi connectivity index (χ2n) is 5.63. The molecule has 0 radical (unpaired) electrons. The lowest BCUT2D eigenvalue weighted by molar-refractivity contribution is -0.133. The molecule has 0 amide bonds. The number of hydrogen-bond donors (Lipinski definition) is 1. The summed E-state index contributed by atoms with van der Waals surface area (Å²) in [6, 6.07) is 8.62. The molecule has 3 rings (SSSR count). The number of carbonyl (C=O) groups is 1. The van der Waals surface area contributed by atoms with Crippen LogP contribution in [0.1, 0.15) is 24.2 Å². The van der Waals surface area contributed by atoms with Gasteiger partial charge in [-0.2, -0.15) is 0 Å². The fourth-order valence-electron chi connectivity index (χ4n) is 2.90. The maximum absolute atomic E-state index is 13.4. The van der Waals surface area contributed by atoms with E-state index >= 15 is 0 Å². The molecule has 25 heavy (non-hydrogen) atoms. The largest absolute Gasteiger partial charge is 0.478 e. The molecule has 1 N–H and O–H groups in total. The summed E-state index contributed by atoms with van der Waals surface area (Å²) in [6.45, 7) is 1.63. The number of amidine groups is 1. The normalized spacial score (nSPS) is 17.5. The van der Waals surface area contributed by atoms with Crippen molar-refractivity contribution >= 4 is 23.4 Å². The third-order valence-electron chi connectivity index (χ3n) is 4.04. The van der Waals surface area contributed by atoms with Crippen LogP contribution in [-0.4, -0.2) is 33.8 Å². The molecule has 2 heterocycles. The fourth-order valence-corrected chi connectivity index (χ4v) is 3.17. The molecule has 0 spiro atoms. The Bertz CT molecular complexity index is 896. The summed E-state index contributed by atoms with van der Waals surface area (Å²) in [7, 11) is 1.72. The Hall–Kier alpha value is -2.73. The van der Waals surface area contributed by atoms with E-state index < -0.39 is 17.8 Å². The highest BCUT2D eigenvalue weighted by Gasteiger charge is 2.35. The number of benzene rings is 1. The number of nitrogens with zero attached hydrogens (tertiary/aromatic N) is 3. The van der Waals surface area contributed by atoms with Gasteiger partial charge in [0.05, 0.1) is 17.3 Å². The molecule has 1 atom stereocenters. The van der Waals surface area contributed by atoms with E-state index in [1.165, 1.54) is 18.2 Å². The Morgan fingerprint density at radius 2 is 2.08 bits per heavy atom. The van der Waals surface area contributed by atoms with Crippen LogP contribution in [0.2, 0.25) is 5.02 Å². The molecule has 1 unspecified atom stereocenters. The topological polar surface area (TPSA) is 65.8 Å². The van der Waals surface area contributed by atoms with Gasteiger partial charge in [-0.05, 0) is 36.8 Å². The monoisotopic (exact) mass is 359 g/mol. The summed E-state index contributed by atoms with van der Waals surface area (Å²) in [5.41, 5.74) is 1.55. The number of pyridine rings is 1. The summed E-state index contributed by atoms with van der Waals surface area (Å²) in [4.78, 5) is 22.2. The lowest BCUT2D eigenvalue weighted by Crippen LogP contribution is -2.38. The minimum atomic E-state index is -1.10. The van der Waals surface area contributed by atoms with Crippen molar-refractivity contribution in [3.05, 3.63) is 76.0 Å². The van der Waals surface area contributed by atoms with Gasteiger partial charge in [-0.1, -0.05) is 23.7 Å². The molecule has 2 aromatic rings. The van der Waals surface area contributed by atoms with Crippen molar-refractivity contribution in [2.45, 2.75) is 13.0 Å². The molecule has 7 heteroatoms. The first-order valence-electron chi connectivity index (χ1n) is 7.52. The SMILES string of the molecule is CC1=C(C(=O)O)C(c2ccc(F)cc2Cl)N(C)C(c2ccccn2)=N1.